The summed E-state index contributed by atoms with van der Waals surface area (Å²) in [6.07, 6.45) is 5.48. The molecule has 2 fully saturated rings. The van der Waals surface area contributed by atoms with E-state index in [9.17, 15) is 14.4 Å². The van der Waals surface area contributed by atoms with Gasteiger partial charge in [-0.3, -0.25) is 15.0 Å². The Labute approximate surface area is 214 Å². The van der Waals surface area contributed by atoms with E-state index in [1.165, 1.54) is 24.2 Å². The summed E-state index contributed by atoms with van der Waals surface area (Å²) < 4.78 is 4.43. The average Bonchev–Trinajstić information content (AvgIpc) is 3.26. The predicted octanol–water partition coefficient (Wildman–Crippen LogP) is 3.12. The van der Waals surface area contributed by atoms with E-state index in [1.54, 1.807) is 18.7 Å². The Bertz CT molecular complexity index is 754. The molecular formula is C25H45N5O4S. The average molecular weight is 512 g/mol. The van der Waals surface area contributed by atoms with E-state index in [1.807, 2.05) is 13.8 Å². The number of amides is 3. The first kappa shape index (κ1) is 29.3. The molecule has 1 heterocycles. The standard InChI is InChI=1S/C25H45N5O4S/c1-6-34-24(33)29-20(25(4,5)35-15-16(2)3)23(32)30-14-18(21(26)27)12-19(30)22(31)28-13-17-10-8-7-9-11-17/h16-20H,6-15H2,1-5H3,(H3,26,27)(H,28,31)(H,29,33)/t18-,19+,20+/m1/s1. The van der Waals surface area contributed by atoms with Crippen LogP contribution < -0.4 is 16.4 Å². The first-order valence-corrected chi connectivity index (χ1v) is 13.9. The molecule has 2 rings (SSSR count). The lowest BCUT2D eigenvalue weighted by atomic mass is 9.89. The van der Waals surface area contributed by atoms with Gasteiger partial charge >= 0.3 is 6.09 Å². The van der Waals surface area contributed by atoms with Crippen molar-refractivity contribution in [1.29, 1.82) is 5.41 Å². The van der Waals surface area contributed by atoms with Crippen molar-refractivity contribution < 1.29 is 19.1 Å². The molecule has 200 valence electrons. The number of alkyl carbamates (subject to hydrolysis) is 1. The number of ether oxygens (including phenoxy) is 1. The molecule has 2 aliphatic rings. The second-order valence-corrected chi connectivity index (χ2v) is 12.4. The number of carbonyl (C=O) groups is 3. The van der Waals surface area contributed by atoms with Crippen molar-refractivity contribution in [2.45, 2.75) is 90.0 Å². The van der Waals surface area contributed by atoms with Crippen molar-refractivity contribution in [3.63, 3.8) is 0 Å². The second-order valence-electron chi connectivity index (χ2n) is 10.7. The zero-order valence-electron chi connectivity index (χ0n) is 22.0. The summed E-state index contributed by atoms with van der Waals surface area (Å²) >= 11 is 1.60. The molecule has 3 amide bonds. The molecule has 1 saturated heterocycles. The number of hydrogen-bond acceptors (Lipinski definition) is 6. The Morgan fingerprint density at radius 1 is 1.20 bits per heavy atom. The van der Waals surface area contributed by atoms with Crippen molar-refractivity contribution in [3.05, 3.63) is 0 Å². The fraction of sp³-hybridized carbons (Fsp3) is 0.840. The van der Waals surface area contributed by atoms with Crippen LogP contribution in [0.2, 0.25) is 0 Å². The number of carbonyl (C=O) groups excluding carboxylic acids is 3. The van der Waals surface area contributed by atoms with Crippen LogP contribution >= 0.6 is 11.8 Å². The number of nitrogens with two attached hydrogens (primary N) is 1. The summed E-state index contributed by atoms with van der Waals surface area (Å²) in [7, 11) is 0. The molecule has 1 saturated carbocycles. The molecule has 0 bridgehead atoms. The van der Waals surface area contributed by atoms with Gasteiger partial charge in [-0.1, -0.05) is 33.1 Å². The van der Waals surface area contributed by atoms with Gasteiger partial charge in [0.05, 0.1) is 12.4 Å². The lowest BCUT2D eigenvalue weighted by molar-refractivity contribution is -0.140. The van der Waals surface area contributed by atoms with Gasteiger partial charge in [0.15, 0.2) is 0 Å². The quantitative estimate of drug-likeness (QED) is 0.248. The van der Waals surface area contributed by atoms with E-state index in [2.05, 4.69) is 24.5 Å². The Morgan fingerprint density at radius 3 is 2.43 bits per heavy atom. The summed E-state index contributed by atoms with van der Waals surface area (Å²) in [5, 5.41) is 13.8. The molecule has 3 atom stereocenters. The SMILES string of the molecule is CCOC(=O)N[C@@H](C(=O)N1C[C@H](C(=N)N)C[C@H]1C(=O)NCC1CCCCC1)C(C)(C)SCC(C)C. The summed E-state index contributed by atoms with van der Waals surface area (Å²) in [6.45, 7) is 10.7. The first-order valence-electron chi connectivity index (χ1n) is 13.0. The molecular weight excluding hydrogens is 466 g/mol. The molecule has 0 aromatic carbocycles. The summed E-state index contributed by atoms with van der Waals surface area (Å²) in [5.41, 5.74) is 5.80. The number of amidine groups is 1. The van der Waals surface area contributed by atoms with Gasteiger partial charge in [-0.15, -0.1) is 0 Å². The molecule has 0 unspecified atom stereocenters. The van der Waals surface area contributed by atoms with Gasteiger partial charge < -0.3 is 26.0 Å². The number of nitrogens with zero attached hydrogens (tertiary/aromatic N) is 1. The smallest absolute Gasteiger partial charge is 0.407 e. The fourth-order valence-corrected chi connectivity index (χ4v) is 5.85. The summed E-state index contributed by atoms with van der Waals surface area (Å²) in [5.74, 6) is 0.697. The third-order valence-corrected chi connectivity index (χ3v) is 8.70. The van der Waals surface area contributed by atoms with Crippen LogP contribution in [0.1, 0.15) is 73.1 Å². The molecule has 9 nitrogen and oxygen atoms in total. The summed E-state index contributed by atoms with van der Waals surface area (Å²) in [4.78, 5) is 41.1. The number of likely N-dealkylation sites (tertiary alicyclic amines) is 1. The van der Waals surface area contributed by atoms with E-state index >= 15 is 0 Å². The molecule has 1 aliphatic heterocycles. The Balaban J connectivity index is 2.23. The van der Waals surface area contributed by atoms with Crippen molar-refractivity contribution in [3.8, 4) is 0 Å². The number of thioether (sulfide) groups is 1. The molecule has 0 aromatic heterocycles. The zero-order valence-corrected chi connectivity index (χ0v) is 22.8. The minimum absolute atomic E-state index is 0.0336. The minimum atomic E-state index is -0.898. The van der Waals surface area contributed by atoms with Gasteiger partial charge in [0.1, 0.15) is 12.1 Å². The third-order valence-electron chi connectivity index (χ3n) is 6.88. The van der Waals surface area contributed by atoms with Crippen molar-refractivity contribution in [2.24, 2.45) is 23.5 Å². The van der Waals surface area contributed by atoms with Crippen molar-refractivity contribution in [2.75, 3.05) is 25.4 Å². The van der Waals surface area contributed by atoms with E-state index in [-0.39, 0.29) is 36.7 Å². The highest BCUT2D eigenvalue weighted by Gasteiger charge is 2.47. The predicted molar refractivity (Wildman–Crippen MR) is 140 cm³/mol. The van der Waals surface area contributed by atoms with E-state index in [0.717, 1.165) is 18.6 Å². The molecule has 0 radical (unpaired) electrons. The van der Waals surface area contributed by atoms with Crippen molar-refractivity contribution >= 4 is 35.5 Å². The Hall–Kier alpha value is -1.97. The maximum Gasteiger partial charge on any atom is 0.407 e. The first-order chi connectivity index (χ1) is 16.5. The van der Waals surface area contributed by atoms with Crippen LogP contribution in [0.15, 0.2) is 0 Å². The Kier molecular flexibility index (Phi) is 11.2. The lowest BCUT2D eigenvalue weighted by Crippen LogP contribution is -2.60. The van der Waals surface area contributed by atoms with Crippen LogP contribution in [0.5, 0.6) is 0 Å². The van der Waals surface area contributed by atoms with Crippen LogP contribution in [-0.2, 0) is 14.3 Å². The number of rotatable bonds is 11. The lowest BCUT2D eigenvalue weighted by Gasteiger charge is -2.37. The van der Waals surface area contributed by atoms with Crippen LogP contribution in [0, 0.1) is 23.2 Å². The molecule has 5 N–H and O–H groups in total. The van der Waals surface area contributed by atoms with Crippen molar-refractivity contribution in [1.82, 2.24) is 15.5 Å². The third kappa shape index (κ3) is 8.58. The maximum absolute atomic E-state index is 13.9. The highest BCUT2D eigenvalue weighted by molar-refractivity contribution is 8.00. The van der Waals surface area contributed by atoms with Gasteiger partial charge in [0, 0.05) is 23.8 Å². The fourth-order valence-electron chi connectivity index (χ4n) is 4.76. The van der Waals surface area contributed by atoms with Crippen LogP contribution in [0.3, 0.4) is 0 Å². The largest absolute Gasteiger partial charge is 0.450 e. The number of nitrogens with one attached hydrogen (secondary N) is 3. The number of hydrogen-bond donors (Lipinski definition) is 4. The highest BCUT2D eigenvalue weighted by Crippen LogP contribution is 2.33. The van der Waals surface area contributed by atoms with Gasteiger partial charge in [0.2, 0.25) is 11.8 Å². The zero-order chi connectivity index (χ0) is 26.2. The van der Waals surface area contributed by atoms with E-state index in [4.69, 9.17) is 15.9 Å². The van der Waals surface area contributed by atoms with E-state index in [0.29, 0.717) is 24.8 Å². The van der Waals surface area contributed by atoms with Crippen LogP contribution in [0.4, 0.5) is 4.79 Å². The molecule has 0 aromatic rings. The minimum Gasteiger partial charge on any atom is -0.450 e. The molecule has 10 heteroatoms. The molecule has 35 heavy (non-hydrogen) atoms. The van der Waals surface area contributed by atoms with Gasteiger partial charge in [-0.05, 0) is 57.6 Å². The highest BCUT2D eigenvalue weighted by atomic mass is 32.2. The summed E-state index contributed by atoms with van der Waals surface area (Å²) in [6, 6.07) is -1.62. The van der Waals surface area contributed by atoms with Crippen LogP contribution in [-0.4, -0.2) is 70.9 Å². The molecule has 0 spiro atoms. The van der Waals surface area contributed by atoms with Crippen LogP contribution in [0.25, 0.3) is 0 Å². The second kappa shape index (κ2) is 13.4. The Morgan fingerprint density at radius 2 is 1.86 bits per heavy atom. The molecule has 1 aliphatic carbocycles. The normalized spacial score (nSPS) is 22.1. The van der Waals surface area contributed by atoms with Gasteiger partial charge in [-0.25, -0.2) is 4.79 Å². The topological polar surface area (TPSA) is 138 Å². The maximum atomic E-state index is 13.9. The monoisotopic (exact) mass is 511 g/mol. The van der Waals surface area contributed by atoms with E-state index < -0.39 is 22.9 Å². The van der Waals surface area contributed by atoms with Gasteiger partial charge in [-0.2, -0.15) is 11.8 Å². The van der Waals surface area contributed by atoms with Gasteiger partial charge in [0.25, 0.3) is 0 Å².